The van der Waals surface area contributed by atoms with Crippen molar-refractivity contribution in [1.29, 1.82) is 0 Å². The van der Waals surface area contributed by atoms with Gasteiger partial charge < -0.3 is 15.2 Å². The Hall–Kier alpha value is -2.12. The zero-order chi connectivity index (χ0) is 14.6. The molecule has 0 spiro atoms. The van der Waals surface area contributed by atoms with Crippen molar-refractivity contribution in [3.63, 3.8) is 0 Å². The van der Waals surface area contributed by atoms with E-state index in [0.29, 0.717) is 5.69 Å². The molecule has 0 saturated carbocycles. The molecule has 1 unspecified atom stereocenters. The monoisotopic (exact) mass is 270 g/mol. The van der Waals surface area contributed by atoms with Gasteiger partial charge in [0.2, 0.25) is 0 Å². The molecule has 0 bridgehead atoms. The normalized spacial score (nSPS) is 12.8. The summed E-state index contributed by atoms with van der Waals surface area (Å²) in [6.45, 7) is 5.17. The van der Waals surface area contributed by atoms with Gasteiger partial charge in [-0.1, -0.05) is 5.21 Å². The van der Waals surface area contributed by atoms with Crippen LogP contribution in [0.3, 0.4) is 0 Å². The minimum absolute atomic E-state index is 0.294. The van der Waals surface area contributed by atoms with E-state index in [0.717, 1.165) is 0 Å². The smallest absolute Gasteiger partial charge is 0.408 e. The van der Waals surface area contributed by atoms with Gasteiger partial charge in [-0.05, 0) is 20.8 Å². The number of hydrogen-bond acceptors (Lipinski definition) is 5. The van der Waals surface area contributed by atoms with Gasteiger partial charge in [-0.25, -0.2) is 4.79 Å². The fraction of sp³-hybridized carbons (Fsp3) is 0.636. The molecule has 0 aliphatic carbocycles. The summed E-state index contributed by atoms with van der Waals surface area (Å²) in [7, 11) is 1.65. The molecule has 0 saturated heterocycles. The molecule has 1 amide bonds. The molecule has 1 rings (SSSR count). The average Bonchev–Trinajstić information content (AvgIpc) is 2.60. The first-order valence-corrected chi connectivity index (χ1v) is 5.75. The molecule has 1 heterocycles. The van der Waals surface area contributed by atoms with Crippen LogP contribution in [0.2, 0.25) is 0 Å². The van der Waals surface area contributed by atoms with Crippen LogP contribution >= 0.6 is 0 Å². The van der Waals surface area contributed by atoms with E-state index >= 15 is 0 Å². The molecule has 1 atom stereocenters. The molecule has 8 nitrogen and oxygen atoms in total. The second kappa shape index (κ2) is 5.68. The van der Waals surface area contributed by atoms with E-state index in [2.05, 4.69) is 15.6 Å². The summed E-state index contributed by atoms with van der Waals surface area (Å²) >= 11 is 0. The molecular weight excluding hydrogens is 252 g/mol. The number of rotatable bonds is 4. The van der Waals surface area contributed by atoms with Crippen LogP contribution in [0, 0.1) is 0 Å². The van der Waals surface area contributed by atoms with E-state index in [4.69, 9.17) is 9.84 Å². The number of nitrogens with one attached hydrogen (secondary N) is 1. The molecular formula is C11H18N4O4. The molecule has 1 aromatic rings. The van der Waals surface area contributed by atoms with Crippen LogP contribution in [0.15, 0.2) is 6.20 Å². The highest BCUT2D eigenvalue weighted by Crippen LogP contribution is 2.15. The van der Waals surface area contributed by atoms with Crippen molar-refractivity contribution in [3.05, 3.63) is 11.9 Å². The SMILES string of the molecule is Cn1cc(C(CC(=O)O)NC(=O)OC(C)(C)C)nn1. The molecule has 0 fully saturated rings. The number of aryl methyl sites for hydroxylation is 1. The van der Waals surface area contributed by atoms with Gasteiger partial charge in [0.1, 0.15) is 11.3 Å². The van der Waals surface area contributed by atoms with Gasteiger partial charge in [0.15, 0.2) is 0 Å². The van der Waals surface area contributed by atoms with E-state index in [9.17, 15) is 9.59 Å². The zero-order valence-electron chi connectivity index (χ0n) is 11.4. The maximum absolute atomic E-state index is 11.6. The van der Waals surface area contributed by atoms with Gasteiger partial charge in [-0.3, -0.25) is 9.48 Å². The number of carbonyl (C=O) groups is 2. The molecule has 8 heteroatoms. The van der Waals surface area contributed by atoms with Crippen LogP contribution in [0.25, 0.3) is 0 Å². The summed E-state index contributed by atoms with van der Waals surface area (Å²) in [5.74, 6) is -1.05. The fourth-order valence-corrected chi connectivity index (χ4v) is 1.38. The first-order chi connectivity index (χ1) is 8.67. The molecule has 19 heavy (non-hydrogen) atoms. The Balaban J connectivity index is 2.76. The Morgan fingerprint density at radius 3 is 2.58 bits per heavy atom. The number of hydrogen-bond donors (Lipinski definition) is 2. The van der Waals surface area contributed by atoms with Crippen molar-refractivity contribution in [1.82, 2.24) is 20.3 Å². The number of alkyl carbamates (subject to hydrolysis) is 1. The predicted molar refractivity (Wildman–Crippen MR) is 65.4 cm³/mol. The Labute approximate surface area is 110 Å². The van der Waals surface area contributed by atoms with Gasteiger partial charge in [0, 0.05) is 7.05 Å². The van der Waals surface area contributed by atoms with Gasteiger partial charge in [-0.15, -0.1) is 5.10 Å². The number of aromatic nitrogens is 3. The van der Waals surface area contributed by atoms with Gasteiger partial charge in [0.25, 0.3) is 0 Å². The van der Waals surface area contributed by atoms with Crippen molar-refractivity contribution in [2.75, 3.05) is 0 Å². The summed E-state index contributed by atoms with van der Waals surface area (Å²) in [5, 5.41) is 18.8. The van der Waals surface area contributed by atoms with Crippen LogP contribution in [-0.2, 0) is 16.6 Å². The maximum atomic E-state index is 11.6. The largest absolute Gasteiger partial charge is 0.481 e. The standard InChI is InChI=1S/C11H18N4O4/c1-11(2,3)19-10(18)12-7(5-9(16)17)8-6-15(4)14-13-8/h6-7H,5H2,1-4H3,(H,12,18)(H,16,17). The van der Waals surface area contributed by atoms with Crippen LogP contribution in [-0.4, -0.2) is 37.8 Å². The third-order valence-electron chi connectivity index (χ3n) is 2.05. The summed E-state index contributed by atoms with van der Waals surface area (Å²) in [4.78, 5) is 22.5. The molecule has 0 aromatic carbocycles. The fourth-order valence-electron chi connectivity index (χ4n) is 1.38. The Bertz CT molecular complexity index is 464. The van der Waals surface area contributed by atoms with Crippen molar-refractivity contribution in [2.24, 2.45) is 7.05 Å². The van der Waals surface area contributed by atoms with E-state index in [-0.39, 0.29) is 6.42 Å². The number of carboxylic acid groups (broad SMARTS) is 1. The first-order valence-electron chi connectivity index (χ1n) is 5.75. The van der Waals surface area contributed by atoms with Crippen molar-refractivity contribution in [3.8, 4) is 0 Å². The number of carboxylic acids is 1. The summed E-state index contributed by atoms with van der Waals surface area (Å²) in [5.41, 5.74) is -0.281. The predicted octanol–water partition coefficient (Wildman–Crippen LogP) is 0.856. The number of amides is 1. The number of ether oxygens (including phenoxy) is 1. The second-order valence-electron chi connectivity index (χ2n) is 5.11. The lowest BCUT2D eigenvalue weighted by Gasteiger charge is -2.22. The van der Waals surface area contributed by atoms with Gasteiger partial charge in [-0.2, -0.15) is 0 Å². The average molecular weight is 270 g/mol. The molecule has 2 N–H and O–H groups in total. The van der Waals surface area contributed by atoms with Crippen LogP contribution in [0.4, 0.5) is 4.79 Å². The second-order valence-corrected chi connectivity index (χ2v) is 5.11. The molecule has 1 aromatic heterocycles. The summed E-state index contributed by atoms with van der Waals surface area (Å²) < 4.78 is 6.51. The van der Waals surface area contributed by atoms with E-state index in [1.54, 1.807) is 34.0 Å². The lowest BCUT2D eigenvalue weighted by molar-refractivity contribution is -0.137. The Kier molecular flexibility index (Phi) is 4.47. The molecule has 0 radical (unpaired) electrons. The minimum atomic E-state index is -1.05. The van der Waals surface area contributed by atoms with Crippen molar-refractivity contribution >= 4 is 12.1 Å². The first kappa shape index (κ1) is 14.9. The highest BCUT2D eigenvalue weighted by atomic mass is 16.6. The summed E-state index contributed by atoms with van der Waals surface area (Å²) in [6.07, 6.45) is 0.563. The van der Waals surface area contributed by atoms with Crippen LogP contribution in [0.1, 0.15) is 38.9 Å². The number of aliphatic carboxylic acids is 1. The van der Waals surface area contributed by atoms with Crippen LogP contribution in [0.5, 0.6) is 0 Å². The lowest BCUT2D eigenvalue weighted by atomic mass is 10.1. The Morgan fingerprint density at radius 2 is 2.16 bits per heavy atom. The lowest BCUT2D eigenvalue weighted by Crippen LogP contribution is -2.36. The van der Waals surface area contributed by atoms with Crippen molar-refractivity contribution in [2.45, 2.75) is 38.8 Å². The quantitative estimate of drug-likeness (QED) is 0.840. The van der Waals surface area contributed by atoms with E-state index in [1.807, 2.05) is 0 Å². The van der Waals surface area contributed by atoms with Gasteiger partial charge >= 0.3 is 12.1 Å². The summed E-state index contributed by atoms with van der Waals surface area (Å²) in [6, 6.07) is -0.777. The number of nitrogens with zero attached hydrogens (tertiary/aromatic N) is 3. The van der Waals surface area contributed by atoms with E-state index in [1.165, 1.54) is 4.68 Å². The molecule has 106 valence electrons. The topological polar surface area (TPSA) is 106 Å². The van der Waals surface area contributed by atoms with E-state index < -0.39 is 23.7 Å². The van der Waals surface area contributed by atoms with Crippen LogP contribution < -0.4 is 5.32 Å². The highest BCUT2D eigenvalue weighted by molar-refractivity contribution is 5.71. The third-order valence-corrected chi connectivity index (χ3v) is 2.05. The zero-order valence-corrected chi connectivity index (χ0v) is 11.4. The Morgan fingerprint density at radius 1 is 1.53 bits per heavy atom. The van der Waals surface area contributed by atoms with Gasteiger partial charge in [0.05, 0.1) is 18.7 Å². The highest BCUT2D eigenvalue weighted by Gasteiger charge is 2.24. The molecule has 0 aliphatic rings. The molecule has 0 aliphatic heterocycles. The number of carbonyl (C=O) groups excluding carboxylic acids is 1. The van der Waals surface area contributed by atoms with Crippen molar-refractivity contribution < 1.29 is 19.4 Å². The minimum Gasteiger partial charge on any atom is -0.481 e. The third kappa shape index (κ3) is 5.36. The maximum Gasteiger partial charge on any atom is 0.408 e.